The lowest BCUT2D eigenvalue weighted by atomic mass is 10.1. The van der Waals surface area contributed by atoms with Gasteiger partial charge in [-0.15, -0.1) is 10.2 Å². The maximum atomic E-state index is 12.4. The number of benzene rings is 1. The fourth-order valence-corrected chi connectivity index (χ4v) is 3.85. The van der Waals surface area contributed by atoms with E-state index in [4.69, 9.17) is 4.52 Å². The molecular weight excluding hydrogens is 354 g/mol. The summed E-state index contributed by atoms with van der Waals surface area (Å²) in [6.07, 6.45) is 0. The summed E-state index contributed by atoms with van der Waals surface area (Å²) in [7, 11) is -3.83. The highest BCUT2D eigenvalue weighted by Crippen LogP contribution is 2.21. The molecule has 0 radical (unpaired) electrons. The van der Waals surface area contributed by atoms with Crippen LogP contribution in [0.5, 0.6) is 0 Å². The molecule has 3 rings (SSSR count). The zero-order valence-corrected chi connectivity index (χ0v) is 15.5. The average molecular weight is 373 g/mol. The molecule has 2 heterocycles. The van der Waals surface area contributed by atoms with Gasteiger partial charge in [-0.1, -0.05) is 29.4 Å². The van der Waals surface area contributed by atoms with Crippen LogP contribution in [-0.4, -0.2) is 23.8 Å². The summed E-state index contributed by atoms with van der Waals surface area (Å²) >= 11 is 0. The van der Waals surface area contributed by atoms with Crippen molar-refractivity contribution in [3.63, 3.8) is 0 Å². The van der Waals surface area contributed by atoms with Gasteiger partial charge in [-0.3, -0.25) is 4.72 Å². The van der Waals surface area contributed by atoms with E-state index in [1.165, 1.54) is 5.56 Å². The minimum Gasteiger partial charge on any atom is -0.364 e. The summed E-state index contributed by atoms with van der Waals surface area (Å²) in [6, 6.07) is 11.2. The predicted molar refractivity (Wildman–Crippen MR) is 97.3 cm³/mol. The molecule has 1 aromatic carbocycles. The highest BCUT2D eigenvalue weighted by molar-refractivity contribution is 7.92. The third kappa shape index (κ3) is 3.83. The summed E-state index contributed by atoms with van der Waals surface area (Å²) in [5.41, 5.74) is 2.62. The van der Waals surface area contributed by atoms with Gasteiger partial charge in [-0.05, 0) is 44.0 Å². The molecule has 0 saturated heterocycles. The van der Waals surface area contributed by atoms with Crippen LogP contribution in [0.2, 0.25) is 0 Å². The second kappa shape index (κ2) is 7.12. The number of hydrogen-bond donors (Lipinski definition) is 2. The monoisotopic (exact) mass is 373 g/mol. The first-order chi connectivity index (χ1) is 12.4. The van der Waals surface area contributed by atoms with Crippen LogP contribution < -0.4 is 10.0 Å². The summed E-state index contributed by atoms with van der Waals surface area (Å²) < 4.78 is 32.2. The largest absolute Gasteiger partial charge is 0.364 e. The van der Waals surface area contributed by atoms with E-state index in [-0.39, 0.29) is 16.5 Å². The number of nitrogens with one attached hydrogen (secondary N) is 2. The van der Waals surface area contributed by atoms with E-state index in [0.29, 0.717) is 18.1 Å². The molecule has 0 aliphatic rings. The van der Waals surface area contributed by atoms with Gasteiger partial charge in [0.15, 0.2) is 16.5 Å². The molecule has 0 bridgehead atoms. The number of nitrogens with zero attached hydrogens (tertiary/aromatic N) is 3. The van der Waals surface area contributed by atoms with Crippen LogP contribution in [0.25, 0.3) is 0 Å². The smallest absolute Gasteiger partial charge is 0.268 e. The molecule has 0 aliphatic heterocycles. The number of sulfonamides is 1. The fourth-order valence-electron chi connectivity index (χ4n) is 2.52. The first kappa shape index (κ1) is 17.9. The Bertz CT molecular complexity index is 994. The molecule has 0 amide bonds. The van der Waals surface area contributed by atoms with Gasteiger partial charge in [0.2, 0.25) is 0 Å². The molecule has 8 nitrogen and oxygen atoms in total. The predicted octanol–water partition coefficient (Wildman–Crippen LogP) is 2.80. The van der Waals surface area contributed by atoms with Crippen molar-refractivity contribution >= 4 is 21.7 Å². The van der Waals surface area contributed by atoms with Gasteiger partial charge in [0.05, 0.1) is 0 Å². The Morgan fingerprint density at radius 2 is 1.69 bits per heavy atom. The van der Waals surface area contributed by atoms with E-state index in [0.717, 1.165) is 5.56 Å². The number of aromatic nitrogens is 3. The van der Waals surface area contributed by atoms with Crippen molar-refractivity contribution in [2.75, 3.05) is 10.0 Å². The Hall–Kier alpha value is -2.94. The molecule has 136 valence electrons. The van der Waals surface area contributed by atoms with Crippen LogP contribution in [0.3, 0.4) is 0 Å². The van der Waals surface area contributed by atoms with Gasteiger partial charge >= 0.3 is 0 Å². The van der Waals surface area contributed by atoms with Crippen molar-refractivity contribution in [3.8, 4) is 0 Å². The summed E-state index contributed by atoms with van der Waals surface area (Å²) in [5, 5.41) is 14.7. The number of rotatable bonds is 6. The Balaban J connectivity index is 1.69. The Labute approximate surface area is 151 Å². The summed E-state index contributed by atoms with van der Waals surface area (Å²) in [4.78, 5) is 0.0149. The number of hydrogen-bond acceptors (Lipinski definition) is 7. The van der Waals surface area contributed by atoms with Gasteiger partial charge in [-0.25, -0.2) is 8.42 Å². The molecule has 2 aromatic heterocycles. The van der Waals surface area contributed by atoms with Crippen LogP contribution in [0.1, 0.15) is 22.6 Å². The normalized spacial score (nSPS) is 11.3. The SMILES string of the molecule is Cc1ccccc1CNc1ccc(NS(=O)(=O)c2c(C)noc2C)nn1. The second-order valence-electron chi connectivity index (χ2n) is 5.84. The quantitative estimate of drug-likeness (QED) is 0.683. The lowest BCUT2D eigenvalue weighted by molar-refractivity contribution is 0.390. The van der Waals surface area contributed by atoms with E-state index in [1.807, 2.05) is 31.2 Å². The molecule has 0 unspecified atom stereocenters. The molecule has 0 spiro atoms. The van der Waals surface area contributed by atoms with Crippen molar-refractivity contribution in [2.24, 2.45) is 0 Å². The molecule has 26 heavy (non-hydrogen) atoms. The molecule has 3 aromatic rings. The average Bonchev–Trinajstić information content (AvgIpc) is 2.94. The van der Waals surface area contributed by atoms with Crippen molar-refractivity contribution in [3.05, 3.63) is 59.0 Å². The molecule has 2 N–H and O–H groups in total. The zero-order valence-electron chi connectivity index (χ0n) is 14.6. The van der Waals surface area contributed by atoms with Gasteiger partial charge < -0.3 is 9.84 Å². The second-order valence-corrected chi connectivity index (χ2v) is 7.46. The van der Waals surface area contributed by atoms with Crippen LogP contribution in [0, 0.1) is 20.8 Å². The van der Waals surface area contributed by atoms with Crippen LogP contribution >= 0.6 is 0 Å². The van der Waals surface area contributed by atoms with E-state index in [9.17, 15) is 8.42 Å². The number of aryl methyl sites for hydroxylation is 3. The summed E-state index contributed by atoms with van der Waals surface area (Å²) in [6.45, 7) is 5.74. The molecule has 0 saturated carbocycles. The fraction of sp³-hybridized carbons (Fsp3) is 0.235. The van der Waals surface area contributed by atoms with Crippen molar-refractivity contribution in [1.82, 2.24) is 15.4 Å². The summed E-state index contributed by atoms with van der Waals surface area (Å²) in [5.74, 6) is 0.888. The van der Waals surface area contributed by atoms with E-state index in [2.05, 4.69) is 25.4 Å². The third-order valence-electron chi connectivity index (χ3n) is 3.86. The minimum absolute atomic E-state index is 0.0149. The van der Waals surface area contributed by atoms with Crippen molar-refractivity contribution in [2.45, 2.75) is 32.2 Å². The maximum absolute atomic E-state index is 12.4. The first-order valence-corrected chi connectivity index (χ1v) is 9.43. The minimum atomic E-state index is -3.83. The molecule has 0 atom stereocenters. The molecule has 0 aliphatic carbocycles. The van der Waals surface area contributed by atoms with E-state index >= 15 is 0 Å². The lowest BCUT2D eigenvalue weighted by Gasteiger charge is -2.09. The van der Waals surface area contributed by atoms with E-state index < -0.39 is 10.0 Å². The highest BCUT2D eigenvalue weighted by Gasteiger charge is 2.24. The van der Waals surface area contributed by atoms with E-state index in [1.54, 1.807) is 26.0 Å². The van der Waals surface area contributed by atoms with Crippen molar-refractivity contribution in [1.29, 1.82) is 0 Å². The first-order valence-electron chi connectivity index (χ1n) is 7.94. The van der Waals surface area contributed by atoms with Gasteiger partial charge in [-0.2, -0.15) is 0 Å². The molecule has 9 heteroatoms. The molecule has 0 fully saturated rings. The van der Waals surface area contributed by atoms with Gasteiger partial charge in [0.1, 0.15) is 11.5 Å². The van der Waals surface area contributed by atoms with Crippen LogP contribution in [0.15, 0.2) is 45.8 Å². The molecular formula is C17H19N5O3S. The standard InChI is InChI=1S/C17H19N5O3S/c1-11-6-4-5-7-14(11)10-18-15-8-9-16(20-19-15)22-26(23,24)17-12(2)21-25-13(17)3/h4-9H,10H2,1-3H3,(H,18,19)(H,20,22). The van der Waals surface area contributed by atoms with Gasteiger partial charge in [0, 0.05) is 6.54 Å². The van der Waals surface area contributed by atoms with Gasteiger partial charge in [0.25, 0.3) is 10.0 Å². The van der Waals surface area contributed by atoms with Crippen LogP contribution in [0.4, 0.5) is 11.6 Å². The lowest BCUT2D eigenvalue weighted by Crippen LogP contribution is -2.16. The van der Waals surface area contributed by atoms with Crippen molar-refractivity contribution < 1.29 is 12.9 Å². The van der Waals surface area contributed by atoms with Crippen LogP contribution in [-0.2, 0) is 16.6 Å². The number of anilines is 2. The zero-order chi connectivity index (χ0) is 18.7. The topological polar surface area (TPSA) is 110 Å². The Morgan fingerprint density at radius 1 is 1.00 bits per heavy atom. The maximum Gasteiger partial charge on any atom is 0.268 e. The Morgan fingerprint density at radius 3 is 2.31 bits per heavy atom. The highest BCUT2D eigenvalue weighted by atomic mass is 32.2. The third-order valence-corrected chi connectivity index (χ3v) is 5.46. The Kier molecular flexibility index (Phi) is 4.90.